The monoisotopic (exact) mass is 345 g/mol. The molecule has 1 amide bonds. The molecule has 1 aromatic heterocycles. The minimum absolute atomic E-state index is 0.0248. The minimum Gasteiger partial charge on any atom is -0.349 e. The van der Waals surface area contributed by atoms with Crippen LogP contribution in [-0.4, -0.2) is 15.5 Å². The first-order valence-electron chi connectivity index (χ1n) is 9.26. The molecule has 1 N–H and O–H groups in total. The van der Waals surface area contributed by atoms with Crippen LogP contribution in [0.3, 0.4) is 0 Å². The van der Waals surface area contributed by atoms with E-state index in [1.54, 1.807) is 0 Å². The number of carbonyl (C=O) groups excluding carboxylic acids is 1. The van der Waals surface area contributed by atoms with Crippen LogP contribution in [0.5, 0.6) is 0 Å². The van der Waals surface area contributed by atoms with Gasteiger partial charge in [0.1, 0.15) is 5.82 Å². The molecule has 132 valence electrons. The smallest absolute Gasteiger partial charge is 0.224 e. The lowest BCUT2D eigenvalue weighted by Crippen LogP contribution is -2.26. The molecule has 2 aromatic carbocycles. The molecule has 0 fully saturated rings. The highest BCUT2D eigenvalue weighted by Crippen LogP contribution is 2.25. The average Bonchev–Trinajstić information content (AvgIpc) is 3.06. The third-order valence-corrected chi connectivity index (χ3v) is 4.87. The zero-order valence-corrected chi connectivity index (χ0v) is 14.8. The van der Waals surface area contributed by atoms with Crippen molar-refractivity contribution in [2.24, 2.45) is 0 Å². The van der Waals surface area contributed by atoms with E-state index in [0.717, 1.165) is 29.9 Å². The summed E-state index contributed by atoms with van der Waals surface area (Å²) in [6, 6.07) is 20.1. The Labute approximate surface area is 153 Å². The number of para-hydroxylation sites is 1. The number of hydrogen-bond donors (Lipinski definition) is 1. The Bertz CT molecular complexity index is 885. The Hall–Kier alpha value is -2.88. The maximum Gasteiger partial charge on any atom is 0.224 e. The number of rotatable bonds is 5. The second kappa shape index (κ2) is 7.56. The standard InChI is InChI=1S/C22H23N3O/c26-22(15-17-9-3-1-4-10-17)23-16-21-24-19-13-7-8-14-20(19)25(21)18-11-5-2-6-12-18/h1-6,9-12H,7-8,13-16H2,(H,23,26). The van der Waals surface area contributed by atoms with Gasteiger partial charge in [0.25, 0.3) is 0 Å². The first kappa shape index (κ1) is 16.6. The van der Waals surface area contributed by atoms with Gasteiger partial charge in [-0.15, -0.1) is 0 Å². The molecule has 1 aliphatic carbocycles. The van der Waals surface area contributed by atoms with Gasteiger partial charge in [0.2, 0.25) is 5.91 Å². The van der Waals surface area contributed by atoms with Gasteiger partial charge in [-0.25, -0.2) is 4.98 Å². The number of aromatic nitrogens is 2. The second-order valence-corrected chi connectivity index (χ2v) is 6.74. The van der Waals surface area contributed by atoms with Gasteiger partial charge in [-0.2, -0.15) is 0 Å². The first-order valence-corrected chi connectivity index (χ1v) is 9.26. The van der Waals surface area contributed by atoms with E-state index in [1.165, 1.54) is 24.2 Å². The quantitative estimate of drug-likeness (QED) is 0.768. The fourth-order valence-corrected chi connectivity index (χ4v) is 3.62. The number of amides is 1. The molecule has 0 unspecified atom stereocenters. The van der Waals surface area contributed by atoms with Crippen LogP contribution in [0.1, 0.15) is 35.6 Å². The van der Waals surface area contributed by atoms with Gasteiger partial charge in [-0.3, -0.25) is 9.36 Å². The van der Waals surface area contributed by atoms with E-state index in [2.05, 4.69) is 22.0 Å². The minimum atomic E-state index is 0.0248. The van der Waals surface area contributed by atoms with E-state index in [1.807, 2.05) is 48.5 Å². The Morgan fingerprint density at radius 3 is 2.42 bits per heavy atom. The third-order valence-electron chi connectivity index (χ3n) is 4.87. The van der Waals surface area contributed by atoms with Gasteiger partial charge in [-0.1, -0.05) is 48.5 Å². The van der Waals surface area contributed by atoms with Crippen LogP contribution in [0.25, 0.3) is 5.69 Å². The summed E-state index contributed by atoms with van der Waals surface area (Å²) in [6.45, 7) is 0.452. The van der Waals surface area contributed by atoms with Crippen molar-refractivity contribution in [1.29, 1.82) is 0 Å². The van der Waals surface area contributed by atoms with E-state index >= 15 is 0 Å². The molecule has 4 rings (SSSR count). The SMILES string of the molecule is O=C(Cc1ccccc1)NCc1nc2c(n1-c1ccccc1)CCCC2. The van der Waals surface area contributed by atoms with Crippen LogP contribution in [0.15, 0.2) is 60.7 Å². The van der Waals surface area contributed by atoms with Gasteiger partial charge in [-0.05, 0) is 43.4 Å². The Balaban J connectivity index is 1.54. The first-order chi connectivity index (χ1) is 12.8. The van der Waals surface area contributed by atoms with Crippen molar-refractivity contribution in [2.45, 2.75) is 38.6 Å². The Morgan fingerprint density at radius 2 is 1.65 bits per heavy atom. The van der Waals surface area contributed by atoms with E-state index in [-0.39, 0.29) is 5.91 Å². The zero-order valence-electron chi connectivity index (χ0n) is 14.8. The number of hydrogen-bond acceptors (Lipinski definition) is 2. The highest BCUT2D eigenvalue weighted by Gasteiger charge is 2.21. The van der Waals surface area contributed by atoms with Gasteiger partial charge in [0, 0.05) is 11.4 Å². The maximum absolute atomic E-state index is 12.3. The van der Waals surface area contributed by atoms with Crippen LogP contribution in [0, 0.1) is 0 Å². The predicted molar refractivity (Wildman–Crippen MR) is 102 cm³/mol. The summed E-state index contributed by atoms with van der Waals surface area (Å²) in [5, 5.41) is 3.04. The third kappa shape index (κ3) is 3.54. The highest BCUT2D eigenvalue weighted by atomic mass is 16.1. The molecule has 4 nitrogen and oxygen atoms in total. The van der Waals surface area contributed by atoms with Gasteiger partial charge in [0.15, 0.2) is 0 Å². The van der Waals surface area contributed by atoms with Crippen LogP contribution in [0.4, 0.5) is 0 Å². The van der Waals surface area contributed by atoms with E-state index in [4.69, 9.17) is 4.98 Å². The zero-order chi connectivity index (χ0) is 17.8. The van der Waals surface area contributed by atoms with Crippen molar-refractivity contribution >= 4 is 5.91 Å². The summed E-state index contributed by atoms with van der Waals surface area (Å²) in [6.07, 6.45) is 4.87. The number of fused-ring (bicyclic) bond motifs is 1. The number of benzene rings is 2. The topological polar surface area (TPSA) is 46.9 Å². The number of carbonyl (C=O) groups is 1. The molecule has 0 bridgehead atoms. The molecule has 0 saturated carbocycles. The van der Waals surface area contributed by atoms with Gasteiger partial charge < -0.3 is 5.32 Å². The van der Waals surface area contributed by atoms with Crippen LogP contribution >= 0.6 is 0 Å². The molecule has 26 heavy (non-hydrogen) atoms. The summed E-state index contributed by atoms with van der Waals surface area (Å²) < 4.78 is 2.23. The fraction of sp³-hybridized carbons (Fsp3) is 0.273. The fourth-order valence-electron chi connectivity index (χ4n) is 3.62. The lowest BCUT2D eigenvalue weighted by molar-refractivity contribution is -0.120. The average molecular weight is 345 g/mol. The summed E-state index contributed by atoms with van der Waals surface area (Å²) in [7, 11) is 0. The largest absolute Gasteiger partial charge is 0.349 e. The molecule has 0 aliphatic heterocycles. The van der Waals surface area contributed by atoms with Crippen LogP contribution < -0.4 is 5.32 Å². The molecule has 0 radical (unpaired) electrons. The van der Waals surface area contributed by atoms with Crippen molar-refractivity contribution in [3.05, 3.63) is 83.4 Å². The van der Waals surface area contributed by atoms with E-state index in [9.17, 15) is 4.79 Å². The van der Waals surface area contributed by atoms with Crippen molar-refractivity contribution in [2.75, 3.05) is 0 Å². The molecular formula is C22H23N3O. The molecule has 4 heteroatoms. The number of aryl methyl sites for hydroxylation is 1. The molecule has 1 heterocycles. The predicted octanol–water partition coefficient (Wildman–Crippen LogP) is 3.61. The summed E-state index contributed by atoms with van der Waals surface area (Å²) >= 11 is 0. The summed E-state index contributed by atoms with van der Waals surface area (Å²) in [5.74, 6) is 0.946. The summed E-state index contributed by atoms with van der Waals surface area (Å²) in [5.41, 5.74) is 4.63. The van der Waals surface area contributed by atoms with Crippen molar-refractivity contribution < 1.29 is 4.79 Å². The van der Waals surface area contributed by atoms with E-state index < -0.39 is 0 Å². The van der Waals surface area contributed by atoms with Crippen molar-refractivity contribution in [3.8, 4) is 5.69 Å². The highest BCUT2D eigenvalue weighted by molar-refractivity contribution is 5.78. The molecule has 1 aliphatic rings. The Morgan fingerprint density at radius 1 is 0.962 bits per heavy atom. The normalized spacial score (nSPS) is 13.2. The summed E-state index contributed by atoms with van der Waals surface area (Å²) in [4.78, 5) is 17.2. The molecular weight excluding hydrogens is 322 g/mol. The van der Waals surface area contributed by atoms with Gasteiger partial charge in [0.05, 0.1) is 18.7 Å². The second-order valence-electron chi connectivity index (χ2n) is 6.74. The lowest BCUT2D eigenvalue weighted by atomic mass is 10.0. The van der Waals surface area contributed by atoms with Crippen molar-refractivity contribution in [3.63, 3.8) is 0 Å². The van der Waals surface area contributed by atoms with Crippen LogP contribution in [-0.2, 0) is 30.6 Å². The maximum atomic E-state index is 12.3. The van der Waals surface area contributed by atoms with Crippen molar-refractivity contribution in [1.82, 2.24) is 14.9 Å². The van der Waals surface area contributed by atoms with Gasteiger partial charge >= 0.3 is 0 Å². The molecule has 0 saturated heterocycles. The lowest BCUT2D eigenvalue weighted by Gasteiger charge is -2.15. The van der Waals surface area contributed by atoms with E-state index in [0.29, 0.717) is 13.0 Å². The Kier molecular flexibility index (Phi) is 4.82. The number of imidazole rings is 1. The molecule has 0 spiro atoms. The van der Waals surface area contributed by atoms with Crippen LogP contribution in [0.2, 0.25) is 0 Å². The molecule has 3 aromatic rings. The molecule has 0 atom stereocenters. The number of nitrogens with zero attached hydrogens (tertiary/aromatic N) is 2. The number of nitrogens with one attached hydrogen (secondary N) is 1.